The summed E-state index contributed by atoms with van der Waals surface area (Å²) in [5.74, 6) is 1.14. The van der Waals surface area contributed by atoms with E-state index in [-0.39, 0.29) is 5.91 Å². The van der Waals surface area contributed by atoms with Gasteiger partial charge in [0.1, 0.15) is 5.82 Å². The molecule has 23 heavy (non-hydrogen) atoms. The maximum absolute atomic E-state index is 11.9. The maximum Gasteiger partial charge on any atom is 0.230 e. The zero-order valence-corrected chi connectivity index (χ0v) is 15.0. The van der Waals surface area contributed by atoms with Crippen LogP contribution in [0.3, 0.4) is 0 Å². The predicted molar refractivity (Wildman–Crippen MR) is 90.6 cm³/mol. The Morgan fingerprint density at radius 2 is 2.09 bits per heavy atom. The molecular weight excluding hydrogens is 312 g/mol. The van der Waals surface area contributed by atoms with Crippen LogP contribution in [0.1, 0.15) is 36.6 Å². The molecule has 0 spiro atoms. The maximum atomic E-state index is 11.9. The monoisotopic (exact) mass is 336 g/mol. The normalized spacial score (nSPS) is 11.0. The molecule has 2 heterocycles. The highest BCUT2D eigenvalue weighted by atomic mass is 32.2. The number of rotatable bonds is 8. The van der Waals surface area contributed by atoms with Gasteiger partial charge < -0.3 is 5.32 Å². The van der Waals surface area contributed by atoms with Crippen LogP contribution < -0.4 is 5.32 Å². The molecule has 2 rings (SSSR count). The standard InChI is InChI=1S/C15H24N6OS/c1-5-12-10(3)20-21(11(12)4)8-7-16-14(22)9-23-15-17-13(6-2)18-19-15/h5-9H2,1-4H3,(H,16,22)(H,17,18,19). The van der Waals surface area contributed by atoms with Gasteiger partial charge in [0.05, 0.1) is 18.0 Å². The topological polar surface area (TPSA) is 88.5 Å². The molecule has 0 unspecified atom stereocenters. The fraction of sp³-hybridized carbons (Fsp3) is 0.600. The van der Waals surface area contributed by atoms with Gasteiger partial charge in [0.2, 0.25) is 11.1 Å². The van der Waals surface area contributed by atoms with Crippen molar-refractivity contribution < 1.29 is 4.79 Å². The third-order valence-electron chi connectivity index (χ3n) is 3.71. The number of hydrogen-bond donors (Lipinski definition) is 2. The number of carbonyl (C=O) groups is 1. The Morgan fingerprint density at radius 1 is 1.30 bits per heavy atom. The van der Waals surface area contributed by atoms with Gasteiger partial charge in [-0.2, -0.15) is 5.10 Å². The number of H-pyrrole nitrogens is 1. The summed E-state index contributed by atoms with van der Waals surface area (Å²) in [4.78, 5) is 16.1. The first-order valence-electron chi connectivity index (χ1n) is 7.88. The largest absolute Gasteiger partial charge is 0.354 e. The van der Waals surface area contributed by atoms with E-state index >= 15 is 0 Å². The van der Waals surface area contributed by atoms with Crippen LogP contribution in [-0.2, 0) is 24.2 Å². The number of thioether (sulfide) groups is 1. The minimum Gasteiger partial charge on any atom is -0.354 e. The summed E-state index contributed by atoms with van der Waals surface area (Å²) in [6.07, 6.45) is 1.79. The first-order valence-corrected chi connectivity index (χ1v) is 8.87. The Hall–Kier alpha value is -1.83. The molecule has 0 aliphatic rings. The number of nitrogens with zero attached hydrogens (tertiary/aromatic N) is 4. The molecule has 126 valence electrons. The average Bonchev–Trinajstić information content (AvgIpc) is 3.10. The highest BCUT2D eigenvalue weighted by molar-refractivity contribution is 7.99. The van der Waals surface area contributed by atoms with E-state index in [2.05, 4.69) is 39.4 Å². The molecule has 0 fully saturated rings. The van der Waals surface area contributed by atoms with Crippen LogP contribution in [0.5, 0.6) is 0 Å². The second-order valence-corrected chi connectivity index (χ2v) is 6.23. The number of aryl methyl sites for hydroxylation is 2. The van der Waals surface area contributed by atoms with Gasteiger partial charge in [-0.05, 0) is 25.8 Å². The van der Waals surface area contributed by atoms with Crippen LogP contribution in [0, 0.1) is 13.8 Å². The van der Waals surface area contributed by atoms with Gasteiger partial charge in [0.25, 0.3) is 0 Å². The Labute approximate surface area is 140 Å². The Morgan fingerprint density at radius 3 is 2.70 bits per heavy atom. The van der Waals surface area contributed by atoms with E-state index in [1.165, 1.54) is 23.0 Å². The van der Waals surface area contributed by atoms with Gasteiger partial charge >= 0.3 is 0 Å². The van der Waals surface area contributed by atoms with Crippen molar-refractivity contribution in [3.05, 3.63) is 22.8 Å². The number of carbonyl (C=O) groups excluding carboxylic acids is 1. The molecule has 2 aromatic rings. The molecule has 0 aliphatic carbocycles. The van der Waals surface area contributed by atoms with Crippen molar-refractivity contribution in [2.24, 2.45) is 0 Å². The molecule has 0 saturated carbocycles. The third kappa shape index (κ3) is 4.57. The molecule has 1 amide bonds. The van der Waals surface area contributed by atoms with Crippen molar-refractivity contribution in [3.8, 4) is 0 Å². The molecule has 0 radical (unpaired) electrons. The van der Waals surface area contributed by atoms with Crippen molar-refractivity contribution in [1.82, 2.24) is 30.3 Å². The van der Waals surface area contributed by atoms with Crippen molar-refractivity contribution in [2.45, 2.75) is 52.2 Å². The highest BCUT2D eigenvalue weighted by Crippen LogP contribution is 2.13. The lowest BCUT2D eigenvalue weighted by Gasteiger charge is -2.06. The van der Waals surface area contributed by atoms with E-state index < -0.39 is 0 Å². The highest BCUT2D eigenvalue weighted by Gasteiger charge is 2.10. The van der Waals surface area contributed by atoms with Crippen molar-refractivity contribution in [3.63, 3.8) is 0 Å². The van der Waals surface area contributed by atoms with E-state index in [1.54, 1.807) is 0 Å². The van der Waals surface area contributed by atoms with Gasteiger partial charge in [-0.1, -0.05) is 25.6 Å². The van der Waals surface area contributed by atoms with E-state index in [1.807, 2.05) is 18.5 Å². The van der Waals surface area contributed by atoms with Gasteiger partial charge in [0, 0.05) is 18.7 Å². The fourth-order valence-electron chi connectivity index (χ4n) is 2.45. The fourth-order valence-corrected chi connectivity index (χ4v) is 3.09. The van der Waals surface area contributed by atoms with Crippen LogP contribution >= 0.6 is 11.8 Å². The predicted octanol–water partition coefficient (Wildman–Crippen LogP) is 1.65. The average molecular weight is 336 g/mol. The molecule has 7 nitrogen and oxygen atoms in total. The lowest BCUT2D eigenvalue weighted by Crippen LogP contribution is -2.29. The molecule has 2 aromatic heterocycles. The van der Waals surface area contributed by atoms with E-state index in [9.17, 15) is 4.79 Å². The first kappa shape index (κ1) is 17.5. The van der Waals surface area contributed by atoms with Crippen molar-refractivity contribution >= 4 is 17.7 Å². The molecule has 0 aliphatic heterocycles. The summed E-state index contributed by atoms with van der Waals surface area (Å²) in [6.45, 7) is 9.49. The molecule has 0 bridgehead atoms. The zero-order valence-electron chi connectivity index (χ0n) is 14.1. The summed E-state index contributed by atoms with van der Waals surface area (Å²) >= 11 is 1.34. The van der Waals surface area contributed by atoms with E-state index in [0.717, 1.165) is 24.4 Å². The van der Waals surface area contributed by atoms with Crippen molar-refractivity contribution in [2.75, 3.05) is 12.3 Å². The van der Waals surface area contributed by atoms with Gasteiger partial charge in [-0.3, -0.25) is 14.6 Å². The van der Waals surface area contributed by atoms with Gasteiger partial charge in [0.15, 0.2) is 0 Å². The lowest BCUT2D eigenvalue weighted by atomic mass is 10.1. The lowest BCUT2D eigenvalue weighted by molar-refractivity contribution is -0.118. The zero-order chi connectivity index (χ0) is 16.8. The summed E-state index contributed by atoms with van der Waals surface area (Å²) < 4.78 is 1.96. The van der Waals surface area contributed by atoms with Crippen LogP contribution in [0.2, 0.25) is 0 Å². The van der Waals surface area contributed by atoms with Crippen molar-refractivity contribution in [1.29, 1.82) is 0 Å². The molecule has 8 heteroatoms. The summed E-state index contributed by atoms with van der Waals surface area (Å²) in [5, 5.41) is 14.9. The van der Waals surface area contributed by atoms with Crippen LogP contribution in [0.25, 0.3) is 0 Å². The Bertz CT molecular complexity index is 663. The number of hydrogen-bond acceptors (Lipinski definition) is 5. The van der Waals surface area contributed by atoms with Gasteiger partial charge in [-0.15, -0.1) is 5.10 Å². The van der Waals surface area contributed by atoms with Crippen LogP contribution in [0.4, 0.5) is 0 Å². The van der Waals surface area contributed by atoms with E-state index in [0.29, 0.717) is 24.0 Å². The molecule has 0 aromatic carbocycles. The smallest absolute Gasteiger partial charge is 0.230 e. The first-order chi connectivity index (χ1) is 11.0. The molecule has 0 atom stereocenters. The number of amides is 1. The molecule has 2 N–H and O–H groups in total. The minimum absolute atomic E-state index is 0.0184. The Balaban J connectivity index is 1.74. The minimum atomic E-state index is -0.0184. The van der Waals surface area contributed by atoms with Gasteiger partial charge in [-0.25, -0.2) is 4.98 Å². The summed E-state index contributed by atoms with van der Waals surface area (Å²) in [7, 11) is 0. The molecular formula is C15H24N6OS. The number of aromatic amines is 1. The summed E-state index contributed by atoms with van der Waals surface area (Å²) in [6, 6.07) is 0. The van der Waals surface area contributed by atoms with Crippen LogP contribution in [-0.4, -0.2) is 43.2 Å². The Kier molecular flexibility index (Phi) is 6.20. The number of nitrogens with one attached hydrogen (secondary N) is 2. The summed E-state index contributed by atoms with van der Waals surface area (Å²) in [5.41, 5.74) is 3.55. The second kappa shape index (κ2) is 8.14. The number of aromatic nitrogens is 5. The second-order valence-electron chi connectivity index (χ2n) is 5.28. The quantitative estimate of drug-likeness (QED) is 0.716. The SMILES string of the molecule is CCc1nc(SCC(=O)NCCn2nc(C)c(CC)c2C)n[nH]1. The third-order valence-corrected chi connectivity index (χ3v) is 4.56. The van der Waals surface area contributed by atoms with Crippen LogP contribution in [0.15, 0.2) is 5.16 Å². The van der Waals surface area contributed by atoms with E-state index in [4.69, 9.17) is 0 Å². The molecule has 0 saturated heterocycles.